The van der Waals surface area contributed by atoms with Crippen molar-refractivity contribution in [2.24, 2.45) is 0 Å². The van der Waals surface area contributed by atoms with Gasteiger partial charge in [0.2, 0.25) is 0 Å². The van der Waals surface area contributed by atoms with Crippen molar-refractivity contribution in [1.82, 2.24) is 10.2 Å². The highest BCUT2D eigenvalue weighted by molar-refractivity contribution is 4.71. The molecule has 0 aromatic heterocycles. The fourth-order valence-electron chi connectivity index (χ4n) is 1.79. The van der Waals surface area contributed by atoms with Crippen molar-refractivity contribution in [2.75, 3.05) is 60.2 Å². The highest BCUT2D eigenvalue weighted by atomic mass is 16.5. The van der Waals surface area contributed by atoms with Crippen LogP contribution < -0.4 is 5.32 Å². The lowest BCUT2D eigenvalue weighted by molar-refractivity contribution is 0.116. The molecule has 5 nitrogen and oxygen atoms in total. The zero-order chi connectivity index (χ0) is 13.6. The minimum atomic E-state index is 0.143. The highest BCUT2D eigenvalue weighted by Gasteiger charge is 2.12. The summed E-state index contributed by atoms with van der Waals surface area (Å²) in [6, 6.07) is 0.143. The minimum absolute atomic E-state index is 0.143. The normalized spacial score (nSPS) is 13.2. The van der Waals surface area contributed by atoms with E-state index in [1.54, 1.807) is 14.2 Å². The molecule has 0 heterocycles. The third kappa shape index (κ3) is 9.79. The molecule has 0 aliphatic heterocycles. The fraction of sp³-hybridized carbons (Fsp3) is 1.00. The molecule has 110 valence electrons. The van der Waals surface area contributed by atoms with E-state index < -0.39 is 0 Å². The van der Waals surface area contributed by atoms with Crippen LogP contribution in [0.25, 0.3) is 0 Å². The molecule has 5 heteroatoms. The summed E-state index contributed by atoms with van der Waals surface area (Å²) in [5.74, 6) is 0. The van der Waals surface area contributed by atoms with Crippen LogP contribution in [0.1, 0.15) is 19.8 Å². The van der Waals surface area contributed by atoms with Crippen LogP contribution in [-0.2, 0) is 9.47 Å². The Bertz CT molecular complexity index is 170. The summed E-state index contributed by atoms with van der Waals surface area (Å²) < 4.78 is 10.2. The topological polar surface area (TPSA) is 54.0 Å². The summed E-state index contributed by atoms with van der Waals surface area (Å²) in [5, 5.41) is 12.7. The first kappa shape index (κ1) is 17.8. The van der Waals surface area contributed by atoms with Gasteiger partial charge < -0.3 is 19.9 Å². The van der Waals surface area contributed by atoms with E-state index in [2.05, 4.69) is 17.1 Å². The standard InChI is InChI=1S/C13H30N2O3/c1-4-6-14-13(12-16)11-15(8-10-18-3)7-5-9-17-2/h13-14,16H,4-12H2,1-3H3. The van der Waals surface area contributed by atoms with Crippen LogP contribution in [-0.4, -0.2) is 76.3 Å². The van der Waals surface area contributed by atoms with Crippen molar-refractivity contribution in [1.29, 1.82) is 0 Å². The van der Waals surface area contributed by atoms with Crippen LogP contribution in [0, 0.1) is 0 Å². The van der Waals surface area contributed by atoms with Crippen molar-refractivity contribution in [3.8, 4) is 0 Å². The number of aliphatic hydroxyl groups excluding tert-OH is 1. The van der Waals surface area contributed by atoms with Gasteiger partial charge in [-0.3, -0.25) is 4.90 Å². The predicted molar refractivity (Wildman–Crippen MR) is 74.0 cm³/mol. The maximum Gasteiger partial charge on any atom is 0.0597 e. The van der Waals surface area contributed by atoms with Gasteiger partial charge in [0, 0.05) is 46.5 Å². The highest BCUT2D eigenvalue weighted by Crippen LogP contribution is 1.96. The first-order valence-corrected chi connectivity index (χ1v) is 6.82. The van der Waals surface area contributed by atoms with E-state index in [4.69, 9.17) is 9.47 Å². The van der Waals surface area contributed by atoms with Crippen molar-refractivity contribution in [3.63, 3.8) is 0 Å². The smallest absolute Gasteiger partial charge is 0.0597 e. The van der Waals surface area contributed by atoms with Crippen LogP contribution >= 0.6 is 0 Å². The molecule has 0 spiro atoms. The van der Waals surface area contributed by atoms with Gasteiger partial charge in [-0.05, 0) is 19.4 Å². The Morgan fingerprint density at radius 2 is 1.89 bits per heavy atom. The summed E-state index contributed by atoms with van der Waals surface area (Å²) in [6.45, 7) is 7.46. The second-order valence-electron chi connectivity index (χ2n) is 4.47. The average Bonchev–Trinajstić information content (AvgIpc) is 2.40. The number of hydrogen-bond donors (Lipinski definition) is 2. The van der Waals surface area contributed by atoms with E-state index >= 15 is 0 Å². The number of nitrogens with one attached hydrogen (secondary N) is 1. The summed E-state index contributed by atoms with van der Waals surface area (Å²) in [6.07, 6.45) is 2.09. The van der Waals surface area contributed by atoms with Crippen molar-refractivity contribution in [2.45, 2.75) is 25.8 Å². The lowest BCUT2D eigenvalue weighted by atomic mass is 10.2. The van der Waals surface area contributed by atoms with Gasteiger partial charge in [0.05, 0.1) is 13.2 Å². The quantitative estimate of drug-likeness (QED) is 0.469. The Labute approximate surface area is 111 Å². The van der Waals surface area contributed by atoms with Crippen molar-refractivity contribution in [3.05, 3.63) is 0 Å². The molecular weight excluding hydrogens is 232 g/mol. The second kappa shape index (κ2) is 13.2. The molecule has 0 saturated heterocycles. The molecule has 0 bridgehead atoms. The van der Waals surface area contributed by atoms with E-state index in [-0.39, 0.29) is 12.6 Å². The van der Waals surface area contributed by atoms with Gasteiger partial charge in [0.1, 0.15) is 0 Å². The average molecular weight is 262 g/mol. The molecular formula is C13H30N2O3. The maximum atomic E-state index is 9.35. The first-order valence-electron chi connectivity index (χ1n) is 6.82. The van der Waals surface area contributed by atoms with Crippen molar-refractivity contribution < 1.29 is 14.6 Å². The number of aliphatic hydroxyl groups is 1. The lowest BCUT2D eigenvalue weighted by Gasteiger charge is -2.27. The lowest BCUT2D eigenvalue weighted by Crippen LogP contribution is -2.45. The first-order chi connectivity index (χ1) is 8.78. The SMILES string of the molecule is CCCNC(CO)CN(CCCOC)CCOC. The van der Waals surface area contributed by atoms with Gasteiger partial charge in [0.15, 0.2) is 0 Å². The fourth-order valence-corrected chi connectivity index (χ4v) is 1.79. The molecule has 18 heavy (non-hydrogen) atoms. The molecule has 0 radical (unpaired) electrons. The third-order valence-corrected chi connectivity index (χ3v) is 2.82. The molecule has 0 aromatic rings. The molecule has 1 atom stereocenters. The van der Waals surface area contributed by atoms with Crippen LogP contribution in [0.3, 0.4) is 0 Å². The zero-order valence-corrected chi connectivity index (χ0v) is 12.2. The van der Waals surface area contributed by atoms with E-state index in [0.29, 0.717) is 0 Å². The molecule has 2 N–H and O–H groups in total. The molecule has 1 unspecified atom stereocenters. The van der Waals surface area contributed by atoms with Crippen LogP contribution in [0.15, 0.2) is 0 Å². The van der Waals surface area contributed by atoms with E-state index in [0.717, 1.165) is 52.2 Å². The Morgan fingerprint density at radius 1 is 1.17 bits per heavy atom. The third-order valence-electron chi connectivity index (χ3n) is 2.82. The van der Waals surface area contributed by atoms with Crippen LogP contribution in [0.2, 0.25) is 0 Å². The summed E-state index contributed by atoms with van der Waals surface area (Å²) in [4.78, 5) is 2.31. The molecule has 0 amide bonds. The Kier molecular flexibility index (Phi) is 13.1. The van der Waals surface area contributed by atoms with Gasteiger partial charge in [-0.2, -0.15) is 0 Å². The zero-order valence-electron chi connectivity index (χ0n) is 12.2. The van der Waals surface area contributed by atoms with Gasteiger partial charge in [0.25, 0.3) is 0 Å². The minimum Gasteiger partial charge on any atom is -0.395 e. The number of methoxy groups -OCH3 is 2. The van der Waals surface area contributed by atoms with Gasteiger partial charge >= 0.3 is 0 Å². The maximum absolute atomic E-state index is 9.35. The van der Waals surface area contributed by atoms with E-state index in [9.17, 15) is 5.11 Å². The number of nitrogens with zero attached hydrogens (tertiary/aromatic N) is 1. The molecule has 0 saturated carbocycles. The summed E-state index contributed by atoms with van der Waals surface area (Å²) in [7, 11) is 3.44. The Balaban J connectivity index is 3.99. The number of rotatable bonds is 13. The van der Waals surface area contributed by atoms with Crippen LogP contribution in [0.4, 0.5) is 0 Å². The van der Waals surface area contributed by atoms with Gasteiger partial charge in [-0.25, -0.2) is 0 Å². The molecule has 0 aliphatic rings. The number of hydrogen-bond acceptors (Lipinski definition) is 5. The molecule has 0 aromatic carbocycles. The molecule has 0 rings (SSSR count). The largest absolute Gasteiger partial charge is 0.395 e. The second-order valence-corrected chi connectivity index (χ2v) is 4.47. The van der Waals surface area contributed by atoms with Gasteiger partial charge in [-0.15, -0.1) is 0 Å². The summed E-state index contributed by atoms with van der Waals surface area (Å²) in [5.41, 5.74) is 0. The molecule has 0 aliphatic carbocycles. The number of ether oxygens (including phenoxy) is 2. The summed E-state index contributed by atoms with van der Waals surface area (Å²) >= 11 is 0. The Hall–Kier alpha value is -0.200. The van der Waals surface area contributed by atoms with E-state index in [1.807, 2.05) is 0 Å². The monoisotopic (exact) mass is 262 g/mol. The Morgan fingerprint density at radius 3 is 2.44 bits per heavy atom. The molecule has 0 fully saturated rings. The van der Waals surface area contributed by atoms with Crippen molar-refractivity contribution >= 4 is 0 Å². The van der Waals surface area contributed by atoms with Crippen LogP contribution in [0.5, 0.6) is 0 Å². The predicted octanol–water partition coefficient (Wildman–Crippen LogP) is 0.332. The van der Waals surface area contributed by atoms with Gasteiger partial charge in [-0.1, -0.05) is 6.92 Å². The van der Waals surface area contributed by atoms with E-state index in [1.165, 1.54) is 0 Å².